The van der Waals surface area contributed by atoms with Gasteiger partial charge in [-0.05, 0) is 35.9 Å². The van der Waals surface area contributed by atoms with Gasteiger partial charge in [0.15, 0.2) is 0 Å². The number of nitrogens with one attached hydrogen (secondary N) is 1. The van der Waals surface area contributed by atoms with Gasteiger partial charge in [-0.25, -0.2) is 10.3 Å². The average molecular weight is 360 g/mol. The second-order valence-electron chi connectivity index (χ2n) is 5.53. The van der Waals surface area contributed by atoms with Gasteiger partial charge in [-0.2, -0.15) is 0 Å². The van der Waals surface area contributed by atoms with Gasteiger partial charge in [0.1, 0.15) is 0 Å². The van der Waals surface area contributed by atoms with E-state index in [1.165, 1.54) is 23.7 Å². The summed E-state index contributed by atoms with van der Waals surface area (Å²) in [5.74, 6) is -0.622. The highest BCUT2D eigenvalue weighted by molar-refractivity contribution is 6.31. The molecule has 2 aromatic carbocycles. The maximum absolute atomic E-state index is 12.5. The molecule has 1 amide bonds. The largest absolute Gasteiger partial charge is 0.331 e. The van der Waals surface area contributed by atoms with E-state index in [-0.39, 0.29) is 17.7 Å². The minimum absolute atomic E-state index is 0.199. The SMILES string of the molecule is Cn1c(=O)c2ccc(Cl)cc2n(Cc2ccc(C(=O)NO)cc2)c1=O. The highest BCUT2D eigenvalue weighted by Crippen LogP contribution is 2.17. The summed E-state index contributed by atoms with van der Waals surface area (Å²) >= 11 is 6.02. The molecular weight excluding hydrogens is 346 g/mol. The smallest absolute Gasteiger partial charge is 0.289 e. The van der Waals surface area contributed by atoms with Crippen LogP contribution in [0.4, 0.5) is 0 Å². The quantitative estimate of drug-likeness (QED) is 0.547. The summed E-state index contributed by atoms with van der Waals surface area (Å²) < 4.78 is 2.49. The minimum atomic E-state index is -0.622. The number of hydrogen-bond acceptors (Lipinski definition) is 4. The van der Waals surface area contributed by atoms with Gasteiger partial charge in [0.2, 0.25) is 0 Å². The van der Waals surface area contributed by atoms with Gasteiger partial charge in [-0.15, -0.1) is 0 Å². The monoisotopic (exact) mass is 359 g/mol. The molecule has 0 saturated carbocycles. The standard InChI is InChI=1S/C17H14ClN3O4/c1-20-16(23)13-7-6-12(18)8-14(13)21(17(20)24)9-10-2-4-11(5-3-10)15(22)19-25/h2-8,25H,9H2,1H3,(H,19,22). The van der Waals surface area contributed by atoms with Gasteiger partial charge in [0, 0.05) is 17.6 Å². The Balaban J connectivity index is 2.13. The highest BCUT2D eigenvalue weighted by Gasteiger charge is 2.12. The van der Waals surface area contributed by atoms with Crippen molar-refractivity contribution in [2.45, 2.75) is 6.54 Å². The molecule has 0 saturated heterocycles. The number of amides is 1. The topological polar surface area (TPSA) is 93.3 Å². The van der Waals surface area contributed by atoms with Crippen LogP contribution in [0.25, 0.3) is 10.9 Å². The fourth-order valence-corrected chi connectivity index (χ4v) is 2.79. The summed E-state index contributed by atoms with van der Waals surface area (Å²) in [5, 5.41) is 9.45. The molecule has 0 spiro atoms. The Kier molecular flexibility index (Phi) is 4.43. The predicted molar refractivity (Wildman–Crippen MR) is 93.3 cm³/mol. The first-order chi connectivity index (χ1) is 11.9. The molecule has 0 fully saturated rings. The maximum atomic E-state index is 12.5. The van der Waals surface area contributed by atoms with Crippen LogP contribution in [-0.4, -0.2) is 20.2 Å². The maximum Gasteiger partial charge on any atom is 0.331 e. The highest BCUT2D eigenvalue weighted by atomic mass is 35.5. The van der Waals surface area contributed by atoms with Gasteiger partial charge < -0.3 is 0 Å². The van der Waals surface area contributed by atoms with Crippen molar-refractivity contribution in [3.05, 3.63) is 79.5 Å². The van der Waals surface area contributed by atoms with Crippen molar-refractivity contribution in [1.82, 2.24) is 14.6 Å². The zero-order chi connectivity index (χ0) is 18.1. The lowest BCUT2D eigenvalue weighted by Gasteiger charge is -2.12. The van der Waals surface area contributed by atoms with Crippen LogP contribution in [0, 0.1) is 0 Å². The molecule has 7 nitrogen and oxygen atoms in total. The van der Waals surface area contributed by atoms with Crippen LogP contribution < -0.4 is 16.7 Å². The fourth-order valence-electron chi connectivity index (χ4n) is 2.62. The van der Waals surface area contributed by atoms with Crippen molar-refractivity contribution in [3.63, 3.8) is 0 Å². The molecule has 0 atom stereocenters. The van der Waals surface area contributed by atoms with E-state index in [4.69, 9.17) is 16.8 Å². The summed E-state index contributed by atoms with van der Waals surface area (Å²) in [6.07, 6.45) is 0. The van der Waals surface area contributed by atoms with E-state index in [0.29, 0.717) is 15.9 Å². The molecule has 2 N–H and O–H groups in total. The number of nitrogens with zero attached hydrogens (tertiary/aromatic N) is 2. The van der Waals surface area contributed by atoms with E-state index < -0.39 is 11.6 Å². The number of halogens is 1. The number of carbonyl (C=O) groups is 1. The molecule has 0 aliphatic rings. The Labute approximate surface area is 146 Å². The number of benzene rings is 2. The third-order valence-corrected chi connectivity index (χ3v) is 4.20. The van der Waals surface area contributed by atoms with Crippen molar-refractivity contribution >= 4 is 28.4 Å². The number of fused-ring (bicyclic) bond motifs is 1. The zero-order valence-corrected chi connectivity index (χ0v) is 13.9. The number of hydroxylamine groups is 1. The lowest BCUT2D eigenvalue weighted by Crippen LogP contribution is -2.38. The van der Waals surface area contributed by atoms with Gasteiger partial charge in [-0.1, -0.05) is 23.7 Å². The Morgan fingerprint density at radius 3 is 2.48 bits per heavy atom. The lowest BCUT2D eigenvalue weighted by molar-refractivity contribution is 0.0706. The minimum Gasteiger partial charge on any atom is -0.289 e. The molecule has 1 heterocycles. The van der Waals surface area contributed by atoms with Crippen molar-refractivity contribution in [2.75, 3.05) is 0 Å². The van der Waals surface area contributed by atoms with E-state index in [9.17, 15) is 14.4 Å². The summed E-state index contributed by atoms with van der Waals surface area (Å²) in [6.45, 7) is 0.199. The zero-order valence-electron chi connectivity index (χ0n) is 13.2. The first-order valence-corrected chi connectivity index (χ1v) is 7.72. The predicted octanol–water partition coefficient (Wildman–Crippen LogP) is 1.52. The van der Waals surface area contributed by atoms with Crippen LogP contribution >= 0.6 is 11.6 Å². The molecule has 3 rings (SSSR count). The van der Waals surface area contributed by atoms with Crippen molar-refractivity contribution in [3.8, 4) is 0 Å². The Morgan fingerprint density at radius 1 is 1.16 bits per heavy atom. The first kappa shape index (κ1) is 16.9. The summed E-state index contributed by atoms with van der Waals surface area (Å²) in [4.78, 5) is 36.1. The van der Waals surface area contributed by atoms with Crippen LogP contribution in [0.15, 0.2) is 52.1 Å². The van der Waals surface area contributed by atoms with E-state index in [1.807, 2.05) is 0 Å². The Hall–Kier alpha value is -2.90. The first-order valence-electron chi connectivity index (χ1n) is 7.35. The van der Waals surface area contributed by atoms with Crippen molar-refractivity contribution in [1.29, 1.82) is 0 Å². The van der Waals surface area contributed by atoms with E-state index in [2.05, 4.69) is 0 Å². The van der Waals surface area contributed by atoms with Gasteiger partial charge in [0.05, 0.1) is 17.4 Å². The van der Waals surface area contributed by atoms with Crippen LogP contribution in [0.5, 0.6) is 0 Å². The van der Waals surface area contributed by atoms with Crippen LogP contribution in [0.2, 0.25) is 5.02 Å². The Morgan fingerprint density at radius 2 is 1.84 bits per heavy atom. The summed E-state index contributed by atoms with van der Waals surface area (Å²) in [5.41, 5.74) is 2.18. The molecule has 128 valence electrons. The normalized spacial score (nSPS) is 10.8. The molecule has 0 aliphatic carbocycles. The second-order valence-corrected chi connectivity index (χ2v) is 5.97. The number of aromatic nitrogens is 2. The van der Waals surface area contributed by atoms with Crippen molar-refractivity contribution in [2.24, 2.45) is 7.05 Å². The third kappa shape index (κ3) is 3.07. The molecule has 0 radical (unpaired) electrons. The van der Waals surface area contributed by atoms with Crippen LogP contribution in [0.3, 0.4) is 0 Å². The lowest BCUT2D eigenvalue weighted by atomic mass is 10.1. The summed E-state index contributed by atoms with van der Waals surface area (Å²) in [7, 11) is 1.42. The van der Waals surface area contributed by atoms with Crippen LogP contribution in [0.1, 0.15) is 15.9 Å². The molecule has 0 unspecified atom stereocenters. The van der Waals surface area contributed by atoms with Gasteiger partial charge >= 0.3 is 5.69 Å². The summed E-state index contributed by atoms with van der Waals surface area (Å²) in [6, 6.07) is 11.2. The Bertz CT molecular complexity index is 1080. The van der Waals surface area contributed by atoms with Crippen LogP contribution in [-0.2, 0) is 13.6 Å². The van der Waals surface area contributed by atoms with Gasteiger partial charge in [-0.3, -0.25) is 23.9 Å². The number of carbonyl (C=O) groups excluding carboxylic acids is 1. The molecule has 0 aliphatic heterocycles. The molecule has 0 bridgehead atoms. The molecular formula is C17H14ClN3O4. The fraction of sp³-hybridized carbons (Fsp3) is 0.118. The molecule has 25 heavy (non-hydrogen) atoms. The third-order valence-electron chi connectivity index (χ3n) is 3.96. The van der Waals surface area contributed by atoms with Crippen molar-refractivity contribution < 1.29 is 10.0 Å². The average Bonchev–Trinajstić information content (AvgIpc) is 2.63. The van der Waals surface area contributed by atoms with E-state index >= 15 is 0 Å². The number of rotatable bonds is 3. The molecule has 8 heteroatoms. The molecule has 3 aromatic rings. The number of hydrogen-bond donors (Lipinski definition) is 2. The second kappa shape index (κ2) is 6.54. The van der Waals surface area contributed by atoms with Gasteiger partial charge in [0.25, 0.3) is 11.5 Å². The van der Waals surface area contributed by atoms with E-state index in [0.717, 1.165) is 10.1 Å². The molecule has 1 aromatic heterocycles. The van der Waals surface area contributed by atoms with E-state index in [1.54, 1.807) is 35.8 Å².